The van der Waals surface area contributed by atoms with Crippen LogP contribution in [0.2, 0.25) is 0 Å². The Hall–Kier alpha value is -2.64. The van der Waals surface area contributed by atoms with Crippen LogP contribution in [-0.2, 0) is 11.2 Å². The van der Waals surface area contributed by atoms with Gasteiger partial charge >= 0.3 is 6.09 Å². The molecule has 2 fully saturated rings. The molecule has 8 nitrogen and oxygen atoms in total. The third-order valence-electron chi connectivity index (χ3n) is 5.21. The summed E-state index contributed by atoms with van der Waals surface area (Å²) in [5, 5.41) is 3.97. The Morgan fingerprint density at radius 2 is 2.00 bits per heavy atom. The Labute approximate surface area is 158 Å². The summed E-state index contributed by atoms with van der Waals surface area (Å²) in [6.45, 7) is 4.77. The first-order chi connectivity index (χ1) is 13.2. The quantitative estimate of drug-likeness (QED) is 0.817. The summed E-state index contributed by atoms with van der Waals surface area (Å²) in [4.78, 5) is 25.1. The number of carbonyl (C=O) groups excluding carboxylic acids is 1. The molecule has 1 aliphatic carbocycles. The summed E-state index contributed by atoms with van der Waals surface area (Å²) in [7, 11) is 0. The van der Waals surface area contributed by atoms with Gasteiger partial charge in [-0.1, -0.05) is 12.1 Å². The van der Waals surface area contributed by atoms with E-state index in [1.165, 1.54) is 0 Å². The van der Waals surface area contributed by atoms with Crippen LogP contribution in [0.25, 0.3) is 11.4 Å². The topological polar surface area (TPSA) is 84.6 Å². The molecule has 1 aliphatic heterocycles. The summed E-state index contributed by atoms with van der Waals surface area (Å²) in [6.07, 6.45) is 6.75. The largest absolute Gasteiger partial charge is 0.446 e. The van der Waals surface area contributed by atoms with Gasteiger partial charge in [-0.3, -0.25) is 0 Å². The molecule has 3 heterocycles. The number of hydrogen-bond donors (Lipinski definition) is 0. The fraction of sp³-hybridized carbons (Fsp3) is 0.579. The van der Waals surface area contributed by atoms with Crippen LogP contribution in [-0.4, -0.2) is 58.4 Å². The van der Waals surface area contributed by atoms with Crippen molar-refractivity contribution in [3.8, 4) is 11.4 Å². The first-order valence-electron chi connectivity index (χ1n) is 9.72. The second kappa shape index (κ2) is 7.94. The molecule has 1 saturated carbocycles. The number of pyridine rings is 1. The van der Waals surface area contributed by atoms with Crippen LogP contribution < -0.4 is 4.90 Å². The lowest BCUT2D eigenvalue weighted by Gasteiger charge is -2.35. The molecule has 4 rings (SSSR count). The molecule has 2 aliphatic rings. The van der Waals surface area contributed by atoms with E-state index in [0.717, 1.165) is 50.2 Å². The van der Waals surface area contributed by atoms with Crippen molar-refractivity contribution < 1.29 is 14.1 Å². The maximum absolute atomic E-state index is 12.3. The average Bonchev–Trinajstić information content (AvgIpc) is 3.40. The maximum Gasteiger partial charge on any atom is 0.410 e. The van der Waals surface area contributed by atoms with Crippen LogP contribution >= 0.6 is 0 Å². The molecule has 0 aromatic carbocycles. The number of aryl methyl sites for hydroxylation is 1. The van der Waals surface area contributed by atoms with Gasteiger partial charge in [-0.15, -0.1) is 0 Å². The Morgan fingerprint density at radius 3 is 2.63 bits per heavy atom. The SMILES string of the molecule is CCc1nc(-c2ccc(N3CCN(C(=O)OC4CCCC4)CC3)nc2)no1. The van der Waals surface area contributed by atoms with Gasteiger partial charge in [-0.05, 0) is 37.8 Å². The smallest absolute Gasteiger partial charge is 0.410 e. The van der Waals surface area contributed by atoms with Crippen molar-refractivity contribution in [1.82, 2.24) is 20.0 Å². The predicted molar refractivity (Wildman–Crippen MR) is 99.4 cm³/mol. The third-order valence-corrected chi connectivity index (χ3v) is 5.21. The third kappa shape index (κ3) is 4.04. The molecule has 8 heteroatoms. The molecule has 0 atom stereocenters. The number of nitrogens with zero attached hydrogens (tertiary/aromatic N) is 5. The molecule has 2 aromatic rings. The molecule has 0 N–H and O–H groups in total. The van der Waals surface area contributed by atoms with Gasteiger partial charge in [0.05, 0.1) is 0 Å². The number of piperazine rings is 1. The Balaban J connectivity index is 1.32. The van der Waals surface area contributed by atoms with Crippen molar-refractivity contribution >= 4 is 11.9 Å². The normalized spacial score (nSPS) is 18.1. The molecule has 0 spiro atoms. The first kappa shape index (κ1) is 17.8. The van der Waals surface area contributed by atoms with Crippen LogP contribution in [0.5, 0.6) is 0 Å². The molecule has 144 valence electrons. The molecule has 27 heavy (non-hydrogen) atoms. The van der Waals surface area contributed by atoms with Crippen molar-refractivity contribution in [3.05, 3.63) is 24.2 Å². The number of ether oxygens (including phenoxy) is 1. The van der Waals surface area contributed by atoms with Crippen molar-refractivity contribution in [2.75, 3.05) is 31.1 Å². The van der Waals surface area contributed by atoms with E-state index in [0.29, 0.717) is 31.2 Å². The van der Waals surface area contributed by atoms with Crippen molar-refractivity contribution in [3.63, 3.8) is 0 Å². The zero-order chi connectivity index (χ0) is 18.6. The lowest BCUT2D eigenvalue weighted by Crippen LogP contribution is -2.49. The van der Waals surface area contributed by atoms with Gasteiger partial charge in [0.2, 0.25) is 11.7 Å². The van der Waals surface area contributed by atoms with Crippen LogP contribution in [0.3, 0.4) is 0 Å². The number of amides is 1. The van der Waals surface area contributed by atoms with Crippen LogP contribution in [0.15, 0.2) is 22.9 Å². The second-order valence-corrected chi connectivity index (χ2v) is 7.03. The monoisotopic (exact) mass is 371 g/mol. The molecule has 1 saturated heterocycles. The Bertz CT molecular complexity index is 762. The summed E-state index contributed by atoms with van der Waals surface area (Å²) in [5.74, 6) is 2.07. The highest BCUT2D eigenvalue weighted by Crippen LogP contribution is 2.23. The Kier molecular flexibility index (Phi) is 5.22. The minimum absolute atomic E-state index is 0.114. The maximum atomic E-state index is 12.3. The van der Waals surface area contributed by atoms with E-state index in [1.54, 1.807) is 11.1 Å². The highest BCUT2D eigenvalue weighted by atomic mass is 16.6. The minimum Gasteiger partial charge on any atom is -0.446 e. The average molecular weight is 371 g/mol. The molecule has 0 radical (unpaired) electrons. The number of hydrogen-bond acceptors (Lipinski definition) is 7. The predicted octanol–water partition coefficient (Wildman–Crippen LogP) is 2.90. The first-order valence-corrected chi connectivity index (χ1v) is 9.72. The summed E-state index contributed by atoms with van der Waals surface area (Å²) >= 11 is 0. The van der Waals surface area contributed by atoms with Crippen LogP contribution in [0.4, 0.5) is 10.6 Å². The minimum atomic E-state index is -0.173. The number of aromatic nitrogens is 3. The van der Waals surface area contributed by atoms with E-state index < -0.39 is 0 Å². The van der Waals surface area contributed by atoms with E-state index in [-0.39, 0.29) is 12.2 Å². The summed E-state index contributed by atoms with van der Waals surface area (Å²) in [5.41, 5.74) is 0.834. The molecular formula is C19H25N5O3. The lowest BCUT2D eigenvalue weighted by molar-refractivity contribution is 0.0638. The standard InChI is InChI=1S/C19H25N5O3/c1-2-17-21-18(22-27-17)14-7-8-16(20-13-14)23-9-11-24(12-10-23)19(25)26-15-5-3-4-6-15/h7-8,13,15H,2-6,9-12H2,1H3. The number of carbonyl (C=O) groups is 1. The fourth-order valence-corrected chi connectivity index (χ4v) is 3.56. The number of anilines is 1. The highest BCUT2D eigenvalue weighted by molar-refractivity contribution is 5.68. The van der Waals surface area contributed by atoms with Gasteiger partial charge in [0.25, 0.3) is 0 Å². The van der Waals surface area contributed by atoms with E-state index in [9.17, 15) is 4.79 Å². The molecule has 2 aromatic heterocycles. The lowest BCUT2D eigenvalue weighted by atomic mass is 10.2. The molecule has 0 bridgehead atoms. The van der Waals surface area contributed by atoms with Crippen molar-refractivity contribution in [2.24, 2.45) is 0 Å². The van der Waals surface area contributed by atoms with E-state index in [4.69, 9.17) is 9.26 Å². The zero-order valence-corrected chi connectivity index (χ0v) is 15.6. The van der Waals surface area contributed by atoms with E-state index in [1.807, 2.05) is 19.1 Å². The van der Waals surface area contributed by atoms with Gasteiger partial charge in [-0.2, -0.15) is 4.98 Å². The Morgan fingerprint density at radius 1 is 1.22 bits per heavy atom. The molecule has 0 unspecified atom stereocenters. The zero-order valence-electron chi connectivity index (χ0n) is 15.6. The van der Waals surface area contributed by atoms with Gasteiger partial charge in [0.1, 0.15) is 11.9 Å². The summed E-state index contributed by atoms with van der Waals surface area (Å²) in [6, 6.07) is 3.91. The van der Waals surface area contributed by atoms with Gasteiger partial charge < -0.3 is 19.1 Å². The van der Waals surface area contributed by atoms with Gasteiger partial charge in [0, 0.05) is 44.4 Å². The van der Waals surface area contributed by atoms with Crippen LogP contribution in [0, 0.1) is 0 Å². The fourth-order valence-electron chi connectivity index (χ4n) is 3.56. The summed E-state index contributed by atoms with van der Waals surface area (Å²) < 4.78 is 10.7. The van der Waals surface area contributed by atoms with E-state index in [2.05, 4.69) is 20.0 Å². The second-order valence-electron chi connectivity index (χ2n) is 7.03. The highest BCUT2D eigenvalue weighted by Gasteiger charge is 2.26. The van der Waals surface area contributed by atoms with Crippen molar-refractivity contribution in [2.45, 2.75) is 45.1 Å². The molecular weight excluding hydrogens is 346 g/mol. The van der Waals surface area contributed by atoms with Crippen molar-refractivity contribution in [1.29, 1.82) is 0 Å². The number of rotatable bonds is 4. The van der Waals surface area contributed by atoms with Gasteiger partial charge in [0.15, 0.2) is 0 Å². The molecule has 1 amide bonds. The van der Waals surface area contributed by atoms with Crippen LogP contribution in [0.1, 0.15) is 38.5 Å². The van der Waals surface area contributed by atoms with E-state index >= 15 is 0 Å². The van der Waals surface area contributed by atoms with Gasteiger partial charge in [-0.25, -0.2) is 9.78 Å².